The number of hydrogen-bond acceptors (Lipinski definition) is 2. The maximum absolute atomic E-state index is 6.20. The molecule has 2 nitrogen and oxygen atoms in total. The molecule has 0 heterocycles. The molecule has 3 aromatic rings. The van der Waals surface area contributed by atoms with Gasteiger partial charge in [-0.1, -0.05) is 82.7 Å². The predicted octanol–water partition coefficient (Wildman–Crippen LogP) is 5.23. The van der Waals surface area contributed by atoms with Crippen LogP contribution in [0.3, 0.4) is 0 Å². The third-order valence-electron chi connectivity index (χ3n) is 4.03. The molecule has 0 unspecified atom stereocenters. The molecule has 0 bridgehead atoms. The lowest BCUT2D eigenvalue weighted by Gasteiger charge is -2.24. The van der Waals surface area contributed by atoms with Gasteiger partial charge in [0.25, 0.3) is 0 Å². The first-order valence-electron chi connectivity index (χ1n) is 8.05. The fraction of sp³-hybridized carbons (Fsp3) is 0.143. The molecular weight excluding hydrogens is 360 g/mol. The van der Waals surface area contributed by atoms with Gasteiger partial charge >= 0.3 is 0 Å². The van der Waals surface area contributed by atoms with Crippen molar-refractivity contribution in [1.29, 1.82) is 0 Å². The minimum atomic E-state index is 0.803. The Morgan fingerprint density at radius 3 is 1.71 bits per heavy atom. The van der Waals surface area contributed by atoms with Crippen LogP contribution in [-0.4, -0.2) is 4.90 Å². The average molecular weight is 381 g/mol. The van der Waals surface area contributed by atoms with Crippen LogP contribution < -0.4 is 5.73 Å². The van der Waals surface area contributed by atoms with Gasteiger partial charge in [0, 0.05) is 35.4 Å². The molecular formula is C21H21BrN2. The van der Waals surface area contributed by atoms with Crippen LogP contribution in [0.4, 0.5) is 5.69 Å². The highest BCUT2D eigenvalue weighted by Crippen LogP contribution is 2.25. The van der Waals surface area contributed by atoms with E-state index in [1.54, 1.807) is 0 Å². The zero-order valence-corrected chi connectivity index (χ0v) is 15.1. The predicted molar refractivity (Wildman–Crippen MR) is 104 cm³/mol. The quantitative estimate of drug-likeness (QED) is 0.592. The second-order valence-corrected chi connectivity index (χ2v) is 6.78. The molecule has 122 valence electrons. The Kier molecular flexibility index (Phi) is 5.68. The Labute approximate surface area is 152 Å². The molecule has 0 radical (unpaired) electrons. The van der Waals surface area contributed by atoms with E-state index >= 15 is 0 Å². The van der Waals surface area contributed by atoms with E-state index in [1.165, 1.54) is 11.1 Å². The molecule has 0 aliphatic heterocycles. The zero-order chi connectivity index (χ0) is 16.8. The van der Waals surface area contributed by atoms with Gasteiger partial charge in [0.05, 0.1) is 0 Å². The maximum Gasteiger partial charge on any atom is 0.0371 e. The second-order valence-electron chi connectivity index (χ2n) is 5.92. The first-order chi connectivity index (χ1) is 11.7. The molecule has 24 heavy (non-hydrogen) atoms. The fourth-order valence-electron chi connectivity index (χ4n) is 2.82. The van der Waals surface area contributed by atoms with E-state index in [-0.39, 0.29) is 0 Å². The smallest absolute Gasteiger partial charge is 0.0371 e. The van der Waals surface area contributed by atoms with Gasteiger partial charge < -0.3 is 5.73 Å². The summed E-state index contributed by atoms with van der Waals surface area (Å²) in [5.41, 5.74) is 10.8. The molecule has 0 saturated carbocycles. The van der Waals surface area contributed by atoms with E-state index in [0.717, 1.165) is 35.4 Å². The Balaban J connectivity index is 1.84. The van der Waals surface area contributed by atoms with Crippen LogP contribution in [0.25, 0.3) is 0 Å². The number of benzene rings is 3. The molecule has 0 saturated heterocycles. The van der Waals surface area contributed by atoms with Gasteiger partial charge in [-0.3, -0.25) is 4.90 Å². The summed E-state index contributed by atoms with van der Waals surface area (Å²) in [5.74, 6) is 0. The number of rotatable bonds is 6. The normalized spacial score (nSPS) is 10.9. The van der Waals surface area contributed by atoms with E-state index in [2.05, 4.69) is 87.6 Å². The van der Waals surface area contributed by atoms with Gasteiger partial charge in [-0.2, -0.15) is 0 Å². The number of nitrogens with zero attached hydrogens (tertiary/aromatic N) is 1. The van der Waals surface area contributed by atoms with Crippen molar-refractivity contribution in [2.75, 3.05) is 5.73 Å². The van der Waals surface area contributed by atoms with Gasteiger partial charge in [0.15, 0.2) is 0 Å². The largest absolute Gasteiger partial charge is 0.398 e. The number of halogens is 1. The summed E-state index contributed by atoms with van der Waals surface area (Å²) in [6.07, 6.45) is 0. The standard InChI is InChI=1S/C21H21BrN2/c22-20-12-7-13-21(23)19(20)16-24(14-17-8-3-1-4-9-17)15-18-10-5-2-6-11-18/h1-13H,14-16,23H2. The van der Waals surface area contributed by atoms with Crippen molar-refractivity contribution >= 4 is 21.6 Å². The van der Waals surface area contributed by atoms with E-state index in [1.807, 2.05) is 12.1 Å². The van der Waals surface area contributed by atoms with Crippen molar-refractivity contribution < 1.29 is 0 Å². The SMILES string of the molecule is Nc1cccc(Br)c1CN(Cc1ccccc1)Cc1ccccc1. The summed E-state index contributed by atoms with van der Waals surface area (Å²) in [4.78, 5) is 2.42. The fourth-order valence-corrected chi connectivity index (χ4v) is 3.32. The highest BCUT2D eigenvalue weighted by Gasteiger charge is 2.12. The van der Waals surface area contributed by atoms with Crippen molar-refractivity contribution in [3.8, 4) is 0 Å². The average Bonchev–Trinajstić information content (AvgIpc) is 2.60. The highest BCUT2D eigenvalue weighted by molar-refractivity contribution is 9.10. The number of nitrogens with two attached hydrogens (primary N) is 1. The molecule has 0 fully saturated rings. The minimum Gasteiger partial charge on any atom is -0.398 e. The molecule has 0 spiro atoms. The molecule has 3 aromatic carbocycles. The summed E-state index contributed by atoms with van der Waals surface area (Å²) in [7, 11) is 0. The van der Waals surface area contributed by atoms with Crippen LogP contribution in [0.2, 0.25) is 0 Å². The van der Waals surface area contributed by atoms with Gasteiger partial charge in [0.2, 0.25) is 0 Å². The van der Waals surface area contributed by atoms with Crippen LogP contribution in [0.15, 0.2) is 83.3 Å². The summed E-state index contributed by atoms with van der Waals surface area (Å²) < 4.78 is 1.06. The number of nitrogen functional groups attached to an aromatic ring is 1. The Bertz CT molecular complexity index is 711. The van der Waals surface area contributed by atoms with Crippen molar-refractivity contribution in [2.24, 2.45) is 0 Å². The molecule has 0 aliphatic rings. The van der Waals surface area contributed by atoms with E-state index in [4.69, 9.17) is 5.73 Å². The van der Waals surface area contributed by atoms with E-state index < -0.39 is 0 Å². The third kappa shape index (κ3) is 4.47. The monoisotopic (exact) mass is 380 g/mol. The summed E-state index contributed by atoms with van der Waals surface area (Å²) in [6.45, 7) is 2.57. The molecule has 0 atom stereocenters. The van der Waals surface area contributed by atoms with Gasteiger partial charge in [0.1, 0.15) is 0 Å². The summed E-state index contributed by atoms with van der Waals surface area (Å²) >= 11 is 3.64. The van der Waals surface area contributed by atoms with Crippen LogP contribution >= 0.6 is 15.9 Å². The maximum atomic E-state index is 6.20. The molecule has 0 aliphatic carbocycles. The van der Waals surface area contributed by atoms with Crippen molar-refractivity contribution in [1.82, 2.24) is 4.90 Å². The Morgan fingerprint density at radius 2 is 1.21 bits per heavy atom. The zero-order valence-electron chi connectivity index (χ0n) is 13.5. The van der Waals surface area contributed by atoms with Crippen LogP contribution in [0.1, 0.15) is 16.7 Å². The molecule has 0 aromatic heterocycles. The first kappa shape index (κ1) is 16.7. The summed E-state index contributed by atoms with van der Waals surface area (Å²) in [6, 6.07) is 27.1. The minimum absolute atomic E-state index is 0.803. The van der Waals surface area contributed by atoms with Crippen molar-refractivity contribution in [3.05, 3.63) is 100 Å². The van der Waals surface area contributed by atoms with Crippen LogP contribution in [-0.2, 0) is 19.6 Å². The highest BCUT2D eigenvalue weighted by atomic mass is 79.9. The topological polar surface area (TPSA) is 29.3 Å². The number of hydrogen-bond donors (Lipinski definition) is 1. The van der Waals surface area contributed by atoms with Gasteiger partial charge in [-0.15, -0.1) is 0 Å². The first-order valence-corrected chi connectivity index (χ1v) is 8.85. The molecule has 3 heteroatoms. The van der Waals surface area contributed by atoms with Crippen molar-refractivity contribution in [2.45, 2.75) is 19.6 Å². The summed E-state index contributed by atoms with van der Waals surface area (Å²) in [5, 5.41) is 0. The second kappa shape index (κ2) is 8.13. The van der Waals surface area contributed by atoms with Crippen LogP contribution in [0.5, 0.6) is 0 Å². The molecule has 3 rings (SSSR count). The van der Waals surface area contributed by atoms with Crippen LogP contribution in [0, 0.1) is 0 Å². The van der Waals surface area contributed by atoms with E-state index in [0.29, 0.717) is 0 Å². The lowest BCUT2D eigenvalue weighted by Crippen LogP contribution is -2.23. The number of anilines is 1. The Hall–Kier alpha value is -2.10. The van der Waals surface area contributed by atoms with Gasteiger partial charge in [-0.05, 0) is 23.3 Å². The molecule has 0 amide bonds. The van der Waals surface area contributed by atoms with E-state index in [9.17, 15) is 0 Å². The lowest BCUT2D eigenvalue weighted by atomic mass is 10.1. The lowest BCUT2D eigenvalue weighted by molar-refractivity contribution is 0.247. The van der Waals surface area contributed by atoms with Crippen molar-refractivity contribution in [3.63, 3.8) is 0 Å². The molecule has 2 N–H and O–H groups in total. The third-order valence-corrected chi connectivity index (χ3v) is 4.78. The van der Waals surface area contributed by atoms with Gasteiger partial charge in [-0.25, -0.2) is 0 Å². The Morgan fingerprint density at radius 1 is 0.667 bits per heavy atom.